The number of benzene rings is 1. The van der Waals surface area contributed by atoms with E-state index in [1.807, 2.05) is 4.90 Å². The van der Waals surface area contributed by atoms with E-state index in [9.17, 15) is 4.79 Å². The summed E-state index contributed by atoms with van der Waals surface area (Å²) in [5.74, 6) is 0.164. The molecule has 1 aromatic carbocycles. The van der Waals surface area contributed by atoms with E-state index in [4.69, 9.17) is 5.73 Å². The Hall–Kier alpha value is -1.43. The normalized spacial score (nSPS) is 29.4. The summed E-state index contributed by atoms with van der Waals surface area (Å²) in [4.78, 5) is 19.0. The van der Waals surface area contributed by atoms with Crippen LogP contribution in [0.3, 0.4) is 0 Å². The first-order valence-corrected chi connectivity index (χ1v) is 8.56. The third kappa shape index (κ3) is 2.47. The van der Waals surface area contributed by atoms with E-state index in [0.717, 1.165) is 25.2 Å². The van der Waals surface area contributed by atoms with Crippen LogP contribution in [-0.2, 0) is 10.2 Å². The zero-order valence-electron chi connectivity index (χ0n) is 14.0. The van der Waals surface area contributed by atoms with E-state index >= 15 is 0 Å². The highest BCUT2D eigenvalue weighted by atomic mass is 16.2. The highest BCUT2D eigenvalue weighted by molar-refractivity contribution is 6.00. The Morgan fingerprint density at radius 3 is 2.52 bits per heavy atom. The van der Waals surface area contributed by atoms with Crippen molar-refractivity contribution in [1.82, 2.24) is 9.80 Å². The van der Waals surface area contributed by atoms with Crippen molar-refractivity contribution in [3.8, 4) is 0 Å². The summed E-state index contributed by atoms with van der Waals surface area (Å²) in [5.41, 5.74) is 8.83. The van der Waals surface area contributed by atoms with Crippen molar-refractivity contribution in [2.45, 2.75) is 36.8 Å². The predicted molar refractivity (Wildman–Crippen MR) is 91.3 cm³/mol. The van der Waals surface area contributed by atoms with Crippen molar-refractivity contribution < 1.29 is 4.79 Å². The molecule has 5 nitrogen and oxygen atoms in total. The molecule has 1 amide bonds. The lowest BCUT2D eigenvalue weighted by Gasteiger charge is -2.22. The van der Waals surface area contributed by atoms with Gasteiger partial charge in [0.15, 0.2) is 0 Å². The van der Waals surface area contributed by atoms with Gasteiger partial charge in [-0.15, -0.1) is 0 Å². The number of carbonyl (C=O) groups excluding carboxylic acids is 1. The summed E-state index contributed by atoms with van der Waals surface area (Å²) in [6, 6.07) is 8.51. The molecule has 5 heteroatoms. The van der Waals surface area contributed by atoms with Crippen LogP contribution in [0.15, 0.2) is 24.3 Å². The van der Waals surface area contributed by atoms with Crippen molar-refractivity contribution in [2.24, 2.45) is 5.73 Å². The van der Waals surface area contributed by atoms with Gasteiger partial charge in [0.1, 0.15) is 6.04 Å². The minimum absolute atomic E-state index is 0.0124. The average Bonchev–Trinajstić information content (AvgIpc) is 3.08. The van der Waals surface area contributed by atoms with Crippen LogP contribution in [0, 0.1) is 0 Å². The van der Waals surface area contributed by atoms with Crippen LogP contribution >= 0.6 is 0 Å². The Morgan fingerprint density at radius 1 is 1.26 bits per heavy atom. The van der Waals surface area contributed by atoms with Crippen molar-refractivity contribution in [1.29, 1.82) is 0 Å². The molecule has 23 heavy (non-hydrogen) atoms. The second-order valence-corrected chi connectivity index (χ2v) is 7.68. The molecule has 0 radical (unpaired) electrons. The quantitative estimate of drug-likeness (QED) is 0.900. The Kier molecular flexibility index (Phi) is 3.48. The first-order chi connectivity index (χ1) is 11.0. The molecule has 3 aliphatic rings. The monoisotopic (exact) mass is 314 g/mol. The van der Waals surface area contributed by atoms with Crippen LogP contribution in [0.2, 0.25) is 0 Å². The summed E-state index contributed by atoms with van der Waals surface area (Å²) in [6.07, 6.45) is 3.45. The third-order valence-electron chi connectivity index (χ3n) is 5.65. The number of amides is 1. The second-order valence-electron chi connectivity index (χ2n) is 7.68. The lowest BCUT2D eigenvalue weighted by molar-refractivity contribution is -0.119. The van der Waals surface area contributed by atoms with E-state index < -0.39 is 0 Å². The summed E-state index contributed by atoms with van der Waals surface area (Å²) in [5, 5.41) is 0. The topological polar surface area (TPSA) is 52.8 Å². The van der Waals surface area contributed by atoms with E-state index in [-0.39, 0.29) is 18.0 Å². The van der Waals surface area contributed by atoms with Crippen molar-refractivity contribution >= 4 is 11.6 Å². The standard InChI is InChI=1S/C18H26N4O/c1-20(2)11-18(8-9-18)13-3-5-14(6-4-13)22-12-21-10-7-15(19)16(21)17(22)23/h3-6,15-16H,7-12,19H2,1-2H3/t15-,16+/m1/s1. The number of likely N-dealkylation sites (N-methyl/N-ethyl adjacent to an activating group) is 1. The van der Waals surface area contributed by atoms with Crippen LogP contribution in [0.5, 0.6) is 0 Å². The summed E-state index contributed by atoms with van der Waals surface area (Å²) in [7, 11) is 4.27. The Balaban J connectivity index is 1.52. The Morgan fingerprint density at radius 2 is 1.96 bits per heavy atom. The lowest BCUT2D eigenvalue weighted by atomic mass is 9.95. The molecule has 1 saturated carbocycles. The molecule has 2 heterocycles. The number of anilines is 1. The first kappa shape index (κ1) is 15.1. The fraction of sp³-hybridized carbons (Fsp3) is 0.611. The van der Waals surface area contributed by atoms with Gasteiger partial charge in [0.25, 0.3) is 0 Å². The smallest absolute Gasteiger partial charge is 0.247 e. The van der Waals surface area contributed by atoms with Gasteiger partial charge in [0.2, 0.25) is 5.91 Å². The molecule has 1 aromatic rings. The molecule has 3 fully saturated rings. The molecule has 2 saturated heterocycles. The van der Waals surface area contributed by atoms with Crippen LogP contribution in [0.4, 0.5) is 5.69 Å². The second kappa shape index (κ2) is 5.30. The van der Waals surface area contributed by atoms with Gasteiger partial charge in [-0.05, 0) is 51.1 Å². The van der Waals surface area contributed by atoms with Gasteiger partial charge in [0, 0.05) is 30.2 Å². The third-order valence-corrected chi connectivity index (χ3v) is 5.65. The summed E-state index contributed by atoms with van der Waals surface area (Å²) >= 11 is 0. The minimum atomic E-state index is -0.113. The first-order valence-electron chi connectivity index (χ1n) is 8.56. The predicted octanol–water partition coefficient (Wildman–Crippen LogP) is 0.985. The zero-order valence-corrected chi connectivity index (χ0v) is 14.0. The number of rotatable bonds is 4. The molecular formula is C18H26N4O. The van der Waals surface area contributed by atoms with Gasteiger partial charge in [-0.1, -0.05) is 12.1 Å². The molecule has 2 N–H and O–H groups in total. The molecular weight excluding hydrogens is 288 g/mol. The fourth-order valence-corrected chi connectivity index (χ4v) is 4.29. The Bertz CT molecular complexity index is 608. The maximum Gasteiger partial charge on any atom is 0.247 e. The molecule has 0 bridgehead atoms. The van der Waals surface area contributed by atoms with E-state index in [2.05, 4.69) is 48.2 Å². The average molecular weight is 314 g/mol. The maximum atomic E-state index is 12.6. The molecule has 4 rings (SSSR count). The number of fused-ring (bicyclic) bond motifs is 1. The van der Waals surface area contributed by atoms with Crippen LogP contribution in [0.25, 0.3) is 0 Å². The van der Waals surface area contributed by atoms with Crippen molar-refractivity contribution in [2.75, 3.05) is 38.8 Å². The fourth-order valence-electron chi connectivity index (χ4n) is 4.29. The number of carbonyl (C=O) groups is 1. The number of nitrogens with two attached hydrogens (primary N) is 1. The highest BCUT2D eigenvalue weighted by Crippen LogP contribution is 2.48. The van der Waals surface area contributed by atoms with Crippen LogP contribution < -0.4 is 10.6 Å². The Labute approximate surface area is 138 Å². The summed E-state index contributed by atoms with van der Waals surface area (Å²) in [6.45, 7) is 2.71. The van der Waals surface area contributed by atoms with Gasteiger partial charge >= 0.3 is 0 Å². The maximum absolute atomic E-state index is 12.6. The largest absolute Gasteiger partial charge is 0.326 e. The number of hydrogen-bond acceptors (Lipinski definition) is 4. The molecule has 124 valence electrons. The molecule has 2 atom stereocenters. The molecule has 0 aromatic heterocycles. The molecule has 0 unspecified atom stereocenters. The van der Waals surface area contributed by atoms with Crippen LogP contribution in [0.1, 0.15) is 24.8 Å². The highest BCUT2D eigenvalue weighted by Gasteiger charge is 2.47. The molecule has 1 aliphatic carbocycles. The van der Waals surface area contributed by atoms with Crippen LogP contribution in [-0.4, -0.2) is 61.6 Å². The van der Waals surface area contributed by atoms with E-state index in [0.29, 0.717) is 12.1 Å². The number of hydrogen-bond donors (Lipinski definition) is 1. The van der Waals surface area contributed by atoms with Crippen molar-refractivity contribution in [3.63, 3.8) is 0 Å². The number of nitrogens with zero attached hydrogens (tertiary/aromatic N) is 3. The van der Waals surface area contributed by atoms with Gasteiger partial charge < -0.3 is 10.6 Å². The zero-order chi connectivity index (χ0) is 16.2. The van der Waals surface area contributed by atoms with Gasteiger partial charge in [-0.25, -0.2) is 0 Å². The summed E-state index contributed by atoms with van der Waals surface area (Å²) < 4.78 is 0. The lowest BCUT2D eigenvalue weighted by Crippen LogP contribution is -2.41. The SMILES string of the molecule is CN(C)CC1(c2ccc(N3CN4CC[C@@H](N)[C@H]4C3=O)cc2)CC1. The molecule has 0 spiro atoms. The van der Waals surface area contributed by atoms with Gasteiger partial charge in [-0.2, -0.15) is 0 Å². The van der Waals surface area contributed by atoms with Crippen molar-refractivity contribution in [3.05, 3.63) is 29.8 Å². The van der Waals surface area contributed by atoms with E-state index in [1.54, 1.807) is 0 Å². The van der Waals surface area contributed by atoms with E-state index in [1.165, 1.54) is 18.4 Å². The van der Waals surface area contributed by atoms with Gasteiger partial charge in [0.05, 0.1) is 6.67 Å². The minimum Gasteiger partial charge on any atom is -0.326 e. The van der Waals surface area contributed by atoms with Gasteiger partial charge in [-0.3, -0.25) is 14.6 Å². The molecule has 2 aliphatic heterocycles.